The largest absolute Gasteiger partial charge is 0.465 e. The second-order valence-corrected chi connectivity index (χ2v) is 7.99. The topological polar surface area (TPSA) is 87.7 Å². The number of likely N-dealkylation sites (tertiary alicyclic amines) is 1. The zero-order valence-corrected chi connectivity index (χ0v) is 18.2. The Morgan fingerprint density at radius 3 is 2.69 bits per heavy atom. The summed E-state index contributed by atoms with van der Waals surface area (Å²) in [4.78, 5) is 38.3. The molecule has 7 nitrogen and oxygen atoms in total. The number of benzene rings is 1. The van der Waals surface area contributed by atoms with E-state index in [1.165, 1.54) is 19.2 Å². The van der Waals surface area contributed by atoms with Crippen LogP contribution in [0.2, 0.25) is 10.0 Å². The molecule has 2 rings (SSSR count). The number of anilines is 1. The number of methoxy groups -OCH3 is 1. The SMILES string of the molecule is CCCC(=O)NCC1CCCN(CC(=O)Nc2c(Cl)cc(Cl)cc2C(=O)OC)C1. The van der Waals surface area contributed by atoms with Crippen molar-refractivity contribution < 1.29 is 19.1 Å². The summed E-state index contributed by atoms with van der Waals surface area (Å²) in [6.07, 6.45) is 3.32. The first-order valence-corrected chi connectivity index (χ1v) is 10.5. The van der Waals surface area contributed by atoms with Crippen LogP contribution in [-0.4, -0.2) is 56.0 Å². The molecule has 2 amide bonds. The zero-order valence-electron chi connectivity index (χ0n) is 16.7. The van der Waals surface area contributed by atoms with Crippen molar-refractivity contribution in [3.63, 3.8) is 0 Å². The second-order valence-electron chi connectivity index (χ2n) is 7.15. The van der Waals surface area contributed by atoms with Crippen LogP contribution in [0.1, 0.15) is 43.0 Å². The molecule has 0 saturated carbocycles. The fraction of sp³-hybridized carbons (Fsp3) is 0.550. The molecule has 160 valence electrons. The quantitative estimate of drug-likeness (QED) is 0.601. The lowest BCUT2D eigenvalue weighted by atomic mass is 9.98. The molecule has 1 aliphatic heterocycles. The van der Waals surface area contributed by atoms with E-state index in [1.807, 2.05) is 11.8 Å². The second kappa shape index (κ2) is 11.4. The van der Waals surface area contributed by atoms with Crippen LogP contribution in [0.25, 0.3) is 0 Å². The summed E-state index contributed by atoms with van der Waals surface area (Å²) in [5, 5.41) is 6.11. The van der Waals surface area contributed by atoms with Crippen molar-refractivity contribution in [2.24, 2.45) is 5.92 Å². The van der Waals surface area contributed by atoms with E-state index < -0.39 is 5.97 Å². The minimum Gasteiger partial charge on any atom is -0.465 e. The Balaban J connectivity index is 1.95. The summed E-state index contributed by atoms with van der Waals surface area (Å²) in [7, 11) is 1.25. The summed E-state index contributed by atoms with van der Waals surface area (Å²) in [6.45, 7) is 4.27. The zero-order chi connectivity index (χ0) is 21.4. The van der Waals surface area contributed by atoms with E-state index in [-0.39, 0.29) is 39.7 Å². The number of ether oxygens (including phenoxy) is 1. The number of carbonyl (C=O) groups excluding carboxylic acids is 3. The van der Waals surface area contributed by atoms with Crippen LogP contribution in [0.5, 0.6) is 0 Å². The molecular weight excluding hydrogens is 417 g/mol. The maximum atomic E-state index is 12.6. The van der Waals surface area contributed by atoms with Crippen molar-refractivity contribution in [1.29, 1.82) is 0 Å². The molecule has 1 fully saturated rings. The Hall–Kier alpha value is -1.83. The van der Waals surface area contributed by atoms with Crippen molar-refractivity contribution in [2.45, 2.75) is 32.6 Å². The minimum absolute atomic E-state index is 0.0649. The number of amides is 2. The van der Waals surface area contributed by atoms with E-state index in [0.29, 0.717) is 18.9 Å². The lowest BCUT2D eigenvalue weighted by Crippen LogP contribution is -2.44. The molecule has 0 bridgehead atoms. The molecule has 0 aromatic heterocycles. The van der Waals surface area contributed by atoms with Gasteiger partial charge in [0.1, 0.15) is 0 Å². The van der Waals surface area contributed by atoms with Crippen molar-refractivity contribution in [2.75, 3.05) is 38.6 Å². The molecule has 1 aliphatic rings. The minimum atomic E-state index is -0.634. The molecule has 1 saturated heterocycles. The average molecular weight is 444 g/mol. The van der Waals surface area contributed by atoms with E-state index in [4.69, 9.17) is 27.9 Å². The Morgan fingerprint density at radius 1 is 1.24 bits per heavy atom. The number of hydrogen-bond acceptors (Lipinski definition) is 5. The first kappa shape index (κ1) is 23.4. The highest BCUT2D eigenvalue weighted by molar-refractivity contribution is 6.37. The highest BCUT2D eigenvalue weighted by Gasteiger charge is 2.24. The Bertz CT molecular complexity index is 757. The van der Waals surface area contributed by atoms with Crippen molar-refractivity contribution in [3.05, 3.63) is 27.7 Å². The van der Waals surface area contributed by atoms with Gasteiger partial charge in [-0.05, 0) is 43.9 Å². The van der Waals surface area contributed by atoms with Gasteiger partial charge >= 0.3 is 5.97 Å². The number of rotatable bonds is 8. The van der Waals surface area contributed by atoms with Crippen LogP contribution in [0.4, 0.5) is 5.69 Å². The van der Waals surface area contributed by atoms with Crippen LogP contribution >= 0.6 is 23.2 Å². The molecule has 0 aliphatic carbocycles. The number of nitrogens with one attached hydrogen (secondary N) is 2. The first-order chi connectivity index (χ1) is 13.8. The van der Waals surface area contributed by atoms with Gasteiger partial charge in [0.25, 0.3) is 0 Å². The molecular formula is C20H27Cl2N3O4. The molecule has 9 heteroatoms. The van der Waals surface area contributed by atoms with Gasteiger partial charge < -0.3 is 15.4 Å². The van der Waals surface area contributed by atoms with Gasteiger partial charge in [-0.1, -0.05) is 30.1 Å². The van der Waals surface area contributed by atoms with Gasteiger partial charge in [0, 0.05) is 24.5 Å². The summed E-state index contributed by atoms with van der Waals surface area (Å²) in [6, 6.07) is 2.87. The van der Waals surface area contributed by atoms with E-state index >= 15 is 0 Å². The Labute approximate surface area is 181 Å². The van der Waals surface area contributed by atoms with Gasteiger partial charge in [0.05, 0.1) is 29.9 Å². The predicted molar refractivity (Wildman–Crippen MR) is 114 cm³/mol. The summed E-state index contributed by atoms with van der Waals surface area (Å²) < 4.78 is 4.74. The van der Waals surface area contributed by atoms with Crippen molar-refractivity contribution >= 4 is 46.7 Å². The predicted octanol–water partition coefficient (Wildman–Crippen LogP) is 3.35. The summed E-state index contributed by atoms with van der Waals surface area (Å²) in [5.41, 5.74) is 0.293. The lowest BCUT2D eigenvalue weighted by molar-refractivity contribution is -0.121. The molecule has 1 heterocycles. The molecule has 0 spiro atoms. The van der Waals surface area contributed by atoms with Gasteiger partial charge in [-0.2, -0.15) is 0 Å². The standard InChI is InChI=1S/C20H27Cl2N3O4/c1-3-5-17(26)23-10-13-6-4-7-25(11-13)12-18(27)24-19-15(20(28)29-2)8-14(21)9-16(19)22/h8-9,13H,3-7,10-12H2,1-2H3,(H,23,26)(H,24,27). The first-order valence-electron chi connectivity index (χ1n) is 9.70. The number of hydrogen-bond donors (Lipinski definition) is 2. The molecule has 0 radical (unpaired) electrons. The summed E-state index contributed by atoms with van der Waals surface area (Å²) in [5.74, 6) is -0.544. The van der Waals surface area contributed by atoms with Crippen LogP contribution < -0.4 is 10.6 Å². The highest BCUT2D eigenvalue weighted by atomic mass is 35.5. The van der Waals surface area contributed by atoms with Crippen LogP contribution in [0.3, 0.4) is 0 Å². The van der Waals surface area contributed by atoms with Gasteiger partial charge in [0.15, 0.2) is 0 Å². The molecule has 1 atom stereocenters. The summed E-state index contributed by atoms with van der Waals surface area (Å²) >= 11 is 12.1. The van der Waals surface area contributed by atoms with E-state index in [9.17, 15) is 14.4 Å². The third-order valence-electron chi connectivity index (χ3n) is 4.76. The van der Waals surface area contributed by atoms with Gasteiger partial charge in [0.2, 0.25) is 11.8 Å². The van der Waals surface area contributed by atoms with Crippen LogP contribution in [0.15, 0.2) is 12.1 Å². The lowest BCUT2D eigenvalue weighted by Gasteiger charge is -2.32. The maximum absolute atomic E-state index is 12.6. The number of carbonyl (C=O) groups is 3. The van der Waals surface area contributed by atoms with E-state index in [1.54, 1.807) is 0 Å². The molecule has 29 heavy (non-hydrogen) atoms. The average Bonchev–Trinajstić information content (AvgIpc) is 2.68. The Morgan fingerprint density at radius 2 is 2.00 bits per heavy atom. The van der Waals surface area contributed by atoms with Crippen LogP contribution in [0, 0.1) is 5.92 Å². The number of piperidine rings is 1. The smallest absolute Gasteiger partial charge is 0.340 e. The Kier molecular flexibility index (Phi) is 9.20. The normalized spacial score (nSPS) is 16.9. The molecule has 1 unspecified atom stereocenters. The van der Waals surface area contributed by atoms with Gasteiger partial charge in [-0.25, -0.2) is 4.79 Å². The molecule has 1 aromatic rings. The monoisotopic (exact) mass is 443 g/mol. The molecule has 1 aromatic carbocycles. The number of halogens is 2. The highest BCUT2D eigenvalue weighted by Crippen LogP contribution is 2.31. The van der Waals surface area contributed by atoms with Crippen LogP contribution in [-0.2, 0) is 14.3 Å². The van der Waals surface area contributed by atoms with Crippen molar-refractivity contribution in [3.8, 4) is 0 Å². The van der Waals surface area contributed by atoms with E-state index in [0.717, 1.165) is 32.4 Å². The third-order valence-corrected chi connectivity index (χ3v) is 5.28. The third kappa shape index (κ3) is 7.17. The molecule has 2 N–H and O–H groups in total. The number of esters is 1. The maximum Gasteiger partial charge on any atom is 0.340 e. The fourth-order valence-corrected chi connectivity index (χ4v) is 3.93. The van der Waals surface area contributed by atoms with Gasteiger partial charge in [-0.15, -0.1) is 0 Å². The number of nitrogens with zero attached hydrogens (tertiary/aromatic N) is 1. The fourth-order valence-electron chi connectivity index (χ4n) is 3.39. The van der Waals surface area contributed by atoms with Gasteiger partial charge in [-0.3, -0.25) is 14.5 Å². The van der Waals surface area contributed by atoms with Crippen molar-refractivity contribution in [1.82, 2.24) is 10.2 Å². The van der Waals surface area contributed by atoms with E-state index in [2.05, 4.69) is 10.6 Å².